The minimum Gasteiger partial charge on any atom is -0.342 e. The smallest absolute Gasteiger partial charge is 0.226 e. The molecule has 0 aromatic rings. The Morgan fingerprint density at radius 1 is 1.56 bits per heavy atom. The molecular weight excluding hydrogens is 226 g/mol. The molecule has 1 aliphatic heterocycles. The summed E-state index contributed by atoms with van der Waals surface area (Å²) in [5, 5.41) is 3.08. The number of carbonyl (C=O) groups excluding carboxylic acids is 1. The van der Waals surface area contributed by atoms with Crippen LogP contribution in [-0.2, 0) is 4.79 Å². The molecule has 0 radical (unpaired) electrons. The highest BCUT2D eigenvalue weighted by Crippen LogP contribution is 2.22. The third-order valence-electron chi connectivity index (χ3n) is 4.17. The van der Waals surface area contributed by atoms with Crippen molar-refractivity contribution in [2.24, 2.45) is 11.8 Å². The lowest BCUT2D eigenvalue weighted by atomic mass is 9.92. The molecule has 1 rings (SSSR count). The van der Waals surface area contributed by atoms with Crippen LogP contribution in [0.2, 0.25) is 0 Å². The fourth-order valence-corrected chi connectivity index (χ4v) is 2.99. The van der Waals surface area contributed by atoms with Gasteiger partial charge in [0.15, 0.2) is 0 Å². The molecule has 1 aliphatic rings. The highest BCUT2D eigenvalue weighted by atomic mass is 16.2. The van der Waals surface area contributed by atoms with E-state index in [1.54, 1.807) is 0 Å². The molecule has 3 unspecified atom stereocenters. The summed E-state index contributed by atoms with van der Waals surface area (Å²) in [5.74, 6) is 0.900. The second-order valence-corrected chi connectivity index (χ2v) is 5.63. The van der Waals surface area contributed by atoms with Crippen LogP contribution < -0.4 is 5.32 Å². The van der Waals surface area contributed by atoms with Crippen molar-refractivity contribution in [1.82, 2.24) is 15.1 Å². The van der Waals surface area contributed by atoms with E-state index in [1.165, 1.54) is 0 Å². The van der Waals surface area contributed by atoms with Gasteiger partial charge < -0.3 is 15.1 Å². The van der Waals surface area contributed by atoms with Crippen LogP contribution in [-0.4, -0.2) is 62.0 Å². The molecule has 1 heterocycles. The summed E-state index contributed by atoms with van der Waals surface area (Å²) in [7, 11) is 3.86. The van der Waals surface area contributed by atoms with E-state index in [2.05, 4.69) is 24.1 Å². The second-order valence-electron chi connectivity index (χ2n) is 5.63. The van der Waals surface area contributed by atoms with Crippen molar-refractivity contribution in [3.8, 4) is 0 Å². The molecule has 0 aliphatic carbocycles. The first-order valence-corrected chi connectivity index (χ1v) is 7.14. The molecular formula is C14H29N3O. The quantitative estimate of drug-likeness (QED) is 0.797. The normalized spacial score (nSPS) is 26.9. The topological polar surface area (TPSA) is 35.6 Å². The number of nitrogens with one attached hydrogen (secondary N) is 1. The third-order valence-corrected chi connectivity index (χ3v) is 4.17. The Morgan fingerprint density at radius 3 is 2.72 bits per heavy atom. The molecule has 18 heavy (non-hydrogen) atoms. The van der Waals surface area contributed by atoms with Gasteiger partial charge in [0, 0.05) is 38.6 Å². The van der Waals surface area contributed by atoms with Gasteiger partial charge in [0.25, 0.3) is 0 Å². The standard InChI is InChI=1S/C14H29N3O/c1-6-17-8-7-13(12(3)10-17)16(5)14(18)11(2)9-15-4/h11-13,15H,6-10H2,1-5H3. The van der Waals surface area contributed by atoms with Gasteiger partial charge >= 0.3 is 0 Å². The van der Waals surface area contributed by atoms with Gasteiger partial charge in [-0.05, 0) is 25.9 Å². The van der Waals surface area contributed by atoms with E-state index in [0.717, 1.165) is 32.6 Å². The Hall–Kier alpha value is -0.610. The van der Waals surface area contributed by atoms with Crippen LogP contribution in [0.5, 0.6) is 0 Å². The van der Waals surface area contributed by atoms with E-state index >= 15 is 0 Å². The Balaban J connectivity index is 2.56. The molecule has 4 nitrogen and oxygen atoms in total. The number of likely N-dealkylation sites (tertiary alicyclic amines) is 1. The maximum Gasteiger partial charge on any atom is 0.226 e. The summed E-state index contributed by atoms with van der Waals surface area (Å²) in [4.78, 5) is 16.8. The Bertz CT molecular complexity index is 270. The summed E-state index contributed by atoms with van der Waals surface area (Å²) in [5.41, 5.74) is 0. The predicted octanol–water partition coefficient (Wildman–Crippen LogP) is 1.03. The fourth-order valence-electron chi connectivity index (χ4n) is 2.99. The first-order chi connectivity index (χ1) is 8.51. The average molecular weight is 255 g/mol. The van der Waals surface area contributed by atoms with Crippen LogP contribution in [0.25, 0.3) is 0 Å². The van der Waals surface area contributed by atoms with Crippen LogP contribution in [0, 0.1) is 11.8 Å². The molecule has 1 fully saturated rings. The van der Waals surface area contributed by atoms with Crippen molar-refractivity contribution >= 4 is 5.91 Å². The molecule has 106 valence electrons. The molecule has 1 saturated heterocycles. The number of nitrogens with zero attached hydrogens (tertiary/aromatic N) is 2. The summed E-state index contributed by atoms with van der Waals surface area (Å²) in [6.07, 6.45) is 1.10. The molecule has 0 spiro atoms. The first-order valence-electron chi connectivity index (χ1n) is 7.14. The van der Waals surface area contributed by atoms with E-state index in [4.69, 9.17) is 0 Å². The molecule has 1 amide bonds. The van der Waals surface area contributed by atoms with E-state index in [1.807, 2.05) is 25.9 Å². The van der Waals surface area contributed by atoms with Crippen LogP contribution >= 0.6 is 0 Å². The maximum absolute atomic E-state index is 12.3. The maximum atomic E-state index is 12.3. The number of piperidine rings is 1. The number of hydrogen-bond acceptors (Lipinski definition) is 3. The van der Waals surface area contributed by atoms with E-state index in [0.29, 0.717) is 12.0 Å². The van der Waals surface area contributed by atoms with Crippen molar-refractivity contribution < 1.29 is 4.79 Å². The van der Waals surface area contributed by atoms with Crippen molar-refractivity contribution in [3.63, 3.8) is 0 Å². The Morgan fingerprint density at radius 2 is 2.22 bits per heavy atom. The van der Waals surface area contributed by atoms with Gasteiger partial charge in [-0.3, -0.25) is 4.79 Å². The summed E-state index contributed by atoms with van der Waals surface area (Å²) in [6.45, 7) is 10.6. The Kier molecular flexibility index (Phi) is 6.09. The third kappa shape index (κ3) is 3.69. The molecule has 1 N–H and O–H groups in total. The highest BCUT2D eigenvalue weighted by molar-refractivity contribution is 5.78. The van der Waals surface area contributed by atoms with Gasteiger partial charge in [-0.2, -0.15) is 0 Å². The van der Waals surface area contributed by atoms with Gasteiger partial charge in [-0.1, -0.05) is 20.8 Å². The lowest BCUT2D eigenvalue weighted by Crippen LogP contribution is -2.52. The molecule has 0 bridgehead atoms. The lowest BCUT2D eigenvalue weighted by molar-refractivity contribution is -0.137. The van der Waals surface area contributed by atoms with Gasteiger partial charge in [0.2, 0.25) is 5.91 Å². The van der Waals surface area contributed by atoms with Crippen LogP contribution in [0.4, 0.5) is 0 Å². The zero-order valence-electron chi connectivity index (χ0n) is 12.6. The number of rotatable bonds is 5. The van der Waals surface area contributed by atoms with Crippen molar-refractivity contribution in [3.05, 3.63) is 0 Å². The Labute approximate surface area is 112 Å². The average Bonchev–Trinajstić information content (AvgIpc) is 2.37. The highest BCUT2D eigenvalue weighted by Gasteiger charge is 2.31. The zero-order chi connectivity index (χ0) is 13.7. The number of carbonyl (C=O) groups is 1. The van der Waals surface area contributed by atoms with Gasteiger partial charge in [-0.15, -0.1) is 0 Å². The monoisotopic (exact) mass is 255 g/mol. The first kappa shape index (κ1) is 15.4. The molecule has 0 aromatic carbocycles. The SMILES string of the molecule is CCN1CCC(N(C)C(=O)C(C)CNC)C(C)C1. The molecule has 0 aromatic heterocycles. The fraction of sp³-hybridized carbons (Fsp3) is 0.929. The summed E-state index contributed by atoms with van der Waals surface area (Å²) >= 11 is 0. The summed E-state index contributed by atoms with van der Waals surface area (Å²) in [6, 6.07) is 0.402. The number of hydrogen-bond donors (Lipinski definition) is 1. The van der Waals surface area contributed by atoms with E-state index < -0.39 is 0 Å². The van der Waals surface area contributed by atoms with Crippen LogP contribution in [0.15, 0.2) is 0 Å². The van der Waals surface area contributed by atoms with E-state index in [9.17, 15) is 4.79 Å². The number of amides is 1. The van der Waals surface area contributed by atoms with Gasteiger partial charge in [0.05, 0.1) is 0 Å². The van der Waals surface area contributed by atoms with Crippen molar-refractivity contribution in [2.75, 3.05) is 40.3 Å². The minimum atomic E-state index is 0.0661. The molecule has 3 atom stereocenters. The molecule has 0 saturated carbocycles. The summed E-state index contributed by atoms with van der Waals surface area (Å²) < 4.78 is 0. The van der Waals surface area contributed by atoms with Crippen molar-refractivity contribution in [2.45, 2.75) is 33.2 Å². The van der Waals surface area contributed by atoms with Crippen molar-refractivity contribution in [1.29, 1.82) is 0 Å². The zero-order valence-corrected chi connectivity index (χ0v) is 12.6. The minimum absolute atomic E-state index is 0.0661. The van der Waals surface area contributed by atoms with Crippen LogP contribution in [0.3, 0.4) is 0 Å². The van der Waals surface area contributed by atoms with Gasteiger partial charge in [-0.25, -0.2) is 0 Å². The lowest BCUT2D eigenvalue weighted by Gasteiger charge is -2.41. The van der Waals surface area contributed by atoms with Crippen LogP contribution in [0.1, 0.15) is 27.2 Å². The van der Waals surface area contributed by atoms with E-state index in [-0.39, 0.29) is 11.8 Å². The predicted molar refractivity (Wildman–Crippen MR) is 75.5 cm³/mol. The second kappa shape index (κ2) is 7.10. The largest absolute Gasteiger partial charge is 0.342 e. The molecule has 4 heteroatoms. The van der Waals surface area contributed by atoms with Gasteiger partial charge in [0.1, 0.15) is 0 Å².